The van der Waals surface area contributed by atoms with Gasteiger partial charge in [-0.15, -0.1) is 11.8 Å². The predicted molar refractivity (Wildman–Crippen MR) is 395 cm³/mol. The topological polar surface area (TPSA) is 352 Å². The average molecular weight is 1460 g/mol. The van der Waals surface area contributed by atoms with Crippen LogP contribution in [0.3, 0.4) is 0 Å². The summed E-state index contributed by atoms with van der Waals surface area (Å²) in [5, 5.41) is 23.6. The minimum absolute atomic E-state index is 0.0171. The first-order valence-corrected chi connectivity index (χ1v) is 38.0. The molecule has 2 aliphatic heterocycles. The van der Waals surface area contributed by atoms with Crippen molar-refractivity contribution < 1.29 is 76.9 Å². The minimum Gasteiger partial charge on any atom is -0.480 e. The number of aliphatic carboxylic acids is 1. The van der Waals surface area contributed by atoms with Crippen molar-refractivity contribution in [3.8, 4) is 0 Å². The molecule has 27 heteroatoms. The Morgan fingerprint density at radius 1 is 0.689 bits per heavy atom. The molecule has 576 valence electrons. The Labute approximate surface area is 614 Å². The van der Waals surface area contributed by atoms with Gasteiger partial charge >= 0.3 is 12.1 Å². The second kappa shape index (κ2) is 45.7. The van der Waals surface area contributed by atoms with Gasteiger partial charge in [-0.1, -0.05) is 143 Å². The maximum Gasteiger partial charge on any atom is 0.410 e. The molecule has 2 heterocycles. The predicted octanol–water partition coefficient (Wildman–Crippen LogP) is 6.75. The van der Waals surface area contributed by atoms with Crippen LogP contribution < -0.4 is 32.3 Å². The van der Waals surface area contributed by atoms with Crippen molar-refractivity contribution in [1.82, 2.24) is 46.2 Å². The van der Waals surface area contributed by atoms with Gasteiger partial charge in [0.15, 0.2) is 5.78 Å². The van der Waals surface area contributed by atoms with Gasteiger partial charge in [0.25, 0.3) is 0 Å². The minimum atomic E-state index is -1.19. The van der Waals surface area contributed by atoms with E-state index in [9.17, 15) is 62.6 Å². The van der Waals surface area contributed by atoms with Crippen molar-refractivity contribution in [1.29, 1.82) is 0 Å². The van der Waals surface area contributed by atoms with Gasteiger partial charge in [-0.3, -0.25) is 57.7 Å². The normalized spacial score (nSPS) is 17.2. The van der Waals surface area contributed by atoms with Crippen LogP contribution in [0.1, 0.15) is 182 Å². The number of unbranched alkanes of at least 4 members (excludes halogenated alkanes) is 6. The van der Waals surface area contributed by atoms with Gasteiger partial charge in [-0.25, -0.2) is 9.59 Å². The van der Waals surface area contributed by atoms with Crippen LogP contribution in [-0.4, -0.2) is 216 Å². The first-order chi connectivity index (χ1) is 49.0. The molecule has 103 heavy (non-hydrogen) atoms. The van der Waals surface area contributed by atoms with E-state index in [2.05, 4.69) is 26.6 Å². The molecule has 26 nitrogen and oxygen atoms in total. The van der Waals surface area contributed by atoms with Crippen molar-refractivity contribution in [3.63, 3.8) is 0 Å². The molecule has 0 bridgehead atoms. The highest BCUT2D eigenvalue weighted by Crippen LogP contribution is 2.31. The Bertz CT molecular complexity index is 3070. The van der Waals surface area contributed by atoms with Crippen molar-refractivity contribution in [3.05, 3.63) is 71.3 Å². The highest BCUT2D eigenvalue weighted by atomic mass is 32.2. The zero-order valence-corrected chi connectivity index (χ0v) is 64.1. The zero-order chi connectivity index (χ0) is 76.5. The Morgan fingerprint density at radius 2 is 1.33 bits per heavy atom. The first kappa shape index (κ1) is 87.9. The molecule has 11 atom stereocenters. The number of nitrogens with two attached hydrogens (primary N) is 1. The first-order valence-electron chi connectivity index (χ1n) is 37.0. The Balaban J connectivity index is 1.23. The van der Waals surface area contributed by atoms with Crippen LogP contribution in [0.15, 0.2) is 54.6 Å². The highest BCUT2D eigenvalue weighted by Gasteiger charge is 2.45. The molecular weight excluding hydrogens is 1340 g/mol. The number of hydrogen-bond acceptors (Lipinski definition) is 17. The number of nitrogens with one attached hydrogen (secondary N) is 5. The smallest absolute Gasteiger partial charge is 0.410 e. The fraction of sp³-hybridized carbons (Fsp3) is 0.684. The van der Waals surface area contributed by atoms with Crippen molar-refractivity contribution >= 4 is 82.8 Å². The van der Waals surface area contributed by atoms with Gasteiger partial charge in [0.05, 0.1) is 48.4 Å². The third-order valence-electron chi connectivity index (χ3n) is 19.6. The third-order valence-corrected chi connectivity index (χ3v) is 20.9. The van der Waals surface area contributed by atoms with Crippen LogP contribution in [-0.2, 0) is 86.4 Å². The molecule has 8 N–H and O–H groups in total. The van der Waals surface area contributed by atoms with Crippen LogP contribution in [0, 0.1) is 29.6 Å². The summed E-state index contributed by atoms with van der Waals surface area (Å²) in [5.41, 5.74) is 7.49. The van der Waals surface area contributed by atoms with Gasteiger partial charge in [-0.05, 0) is 104 Å². The molecule has 2 aliphatic rings. The summed E-state index contributed by atoms with van der Waals surface area (Å²) < 4.78 is 17.7. The Hall–Kier alpha value is -7.49. The van der Waals surface area contributed by atoms with E-state index in [-0.39, 0.29) is 99.0 Å². The molecule has 0 saturated carbocycles. The number of Topliss-reactive ketones (excluding diaryl/α,β-unsaturated/α-hetero) is 1. The largest absolute Gasteiger partial charge is 0.480 e. The van der Waals surface area contributed by atoms with Crippen molar-refractivity contribution in [2.24, 2.45) is 35.3 Å². The number of carbonyl (C=O) groups excluding carboxylic acids is 11. The summed E-state index contributed by atoms with van der Waals surface area (Å²) in [6, 6.07) is 10.4. The number of rotatable bonds is 48. The fourth-order valence-electron chi connectivity index (χ4n) is 13.3. The zero-order valence-electron chi connectivity index (χ0n) is 63.3. The molecule has 10 amide bonds. The molecule has 2 aromatic carbocycles. The number of likely N-dealkylation sites (tertiary alicyclic amines) is 2. The van der Waals surface area contributed by atoms with E-state index in [0.717, 1.165) is 49.8 Å². The SMILES string of the molecule is CC[C@H](C)[C@@H]([C@@H](CC(=O)N1CCC[C@H]1[C@H](OC)[C@@H](C)C(=O)N[C@@H](Cc1ccccc1)C(=O)O)OC)N(C)C(=O)C(NC(=O)C(C(C)C)N(C)C(=O)OCc1ccc(CC(=O)CNC(=O)C(NC(=O)CCCCCN2C(=O)CC(SCCCCCC(=O)NCCCCCN)C2=O)C(C)C)cc1)C(C)C. The molecule has 0 radical (unpaired) electrons. The van der Waals surface area contributed by atoms with Gasteiger partial charge < -0.3 is 61.4 Å². The number of methoxy groups -OCH3 is 2. The summed E-state index contributed by atoms with van der Waals surface area (Å²) in [5.74, 6) is -5.90. The average Bonchev–Trinajstić information content (AvgIpc) is 1.81. The second-order valence-electron chi connectivity index (χ2n) is 28.6. The Morgan fingerprint density at radius 3 is 1.94 bits per heavy atom. The maximum atomic E-state index is 14.8. The molecule has 2 aromatic rings. The van der Waals surface area contributed by atoms with E-state index in [4.69, 9.17) is 19.9 Å². The van der Waals surface area contributed by atoms with Gasteiger partial charge in [0.2, 0.25) is 53.2 Å². The number of benzene rings is 2. The van der Waals surface area contributed by atoms with Gasteiger partial charge in [-0.2, -0.15) is 0 Å². The Kier molecular flexibility index (Phi) is 39.0. The molecule has 4 unspecified atom stereocenters. The quantitative estimate of drug-likeness (QED) is 0.0266. The lowest BCUT2D eigenvalue weighted by Crippen LogP contribution is -2.60. The molecular formula is C76H120N10O16S. The van der Waals surface area contributed by atoms with Crippen molar-refractivity contribution in [2.45, 2.75) is 238 Å². The van der Waals surface area contributed by atoms with Gasteiger partial charge in [0.1, 0.15) is 30.8 Å². The van der Waals surface area contributed by atoms with E-state index < -0.39 is 107 Å². The van der Waals surface area contributed by atoms with Crippen LogP contribution in [0.4, 0.5) is 4.79 Å². The molecule has 2 saturated heterocycles. The van der Waals surface area contributed by atoms with Gasteiger partial charge in [0, 0.05) is 80.1 Å². The maximum absolute atomic E-state index is 14.8. The number of carboxylic acid groups (broad SMARTS) is 1. The second-order valence-corrected chi connectivity index (χ2v) is 29.9. The lowest BCUT2D eigenvalue weighted by molar-refractivity contribution is -0.148. The van der Waals surface area contributed by atoms with E-state index >= 15 is 0 Å². The summed E-state index contributed by atoms with van der Waals surface area (Å²) in [6.07, 6.45) is 7.04. The van der Waals surface area contributed by atoms with E-state index in [0.29, 0.717) is 75.7 Å². The number of carbonyl (C=O) groups is 12. The lowest BCUT2D eigenvalue weighted by Gasteiger charge is -2.41. The number of carboxylic acids is 1. The van der Waals surface area contributed by atoms with Crippen LogP contribution in [0.5, 0.6) is 0 Å². The number of ketones is 1. The third kappa shape index (κ3) is 28.5. The fourth-order valence-corrected chi connectivity index (χ4v) is 14.5. The van der Waals surface area contributed by atoms with E-state index in [1.807, 2.05) is 19.9 Å². The number of imide groups is 1. The summed E-state index contributed by atoms with van der Waals surface area (Å²) >= 11 is 1.48. The molecule has 0 aromatic heterocycles. The number of likely N-dealkylation sites (N-methyl/N-ethyl adjacent to an activating group) is 2. The van der Waals surface area contributed by atoms with Crippen LogP contribution in [0.25, 0.3) is 0 Å². The molecule has 0 spiro atoms. The molecule has 0 aliphatic carbocycles. The van der Waals surface area contributed by atoms with Crippen LogP contribution in [0.2, 0.25) is 0 Å². The summed E-state index contributed by atoms with van der Waals surface area (Å²) in [4.78, 5) is 166. The monoisotopic (exact) mass is 1460 g/mol. The number of nitrogens with zero attached hydrogens (tertiary/aromatic N) is 4. The van der Waals surface area contributed by atoms with Crippen molar-refractivity contribution in [2.75, 3.05) is 66.8 Å². The standard InChI is InChI=1S/C76H120N10O16S/c1-14-51(8)68(59(100-12)44-63(90)85-40-27-30-58(85)69(101-13)52(9)70(92)80-57(75(97)98)43-53-28-19-15-20-29-53)83(10)74(96)66(49(4)5)82-72(94)67(50(6)7)84(11)76(99)102-47-55-35-33-54(34-36-55)42-56(87)46-79-71(93)65(48(2)3)81-62(89)32-21-16-25-39-86-64(91)45-60(73(86)95)103-41-26-17-22-31-61(88)78-38-24-18-23-37-77/h15,19-20,28-29,33-36,48-52,57-60,65-69H,14,16-18,21-27,30-32,37-47,77H2,1-13H3,(H,78,88)(H,79,93)(H,80,92)(H,81,89)(H,82,94)(H,97,98)/t51-,52+,57-,58-,59+,60?,65?,66?,67?,68-,69+/m0/s1. The van der Waals surface area contributed by atoms with E-state index in [1.54, 1.807) is 109 Å². The molecule has 4 rings (SSSR count). The van der Waals surface area contributed by atoms with E-state index in [1.165, 1.54) is 47.7 Å². The highest BCUT2D eigenvalue weighted by molar-refractivity contribution is 8.00. The molecule has 2 fully saturated rings. The van der Waals surface area contributed by atoms with Crippen LogP contribution >= 0.6 is 11.8 Å². The number of thioether (sulfide) groups is 1. The number of amides is 10. The summed E-state index contributed by atoms with van der Waals surface area (Å²) in [7, 11) is 6.02. The lowest BCUT2D eigenvalue weighted by atomic mass is 9.89. The number of hydrogen-bond donors (Lipinski definition) is 7. The number of ether oxygens (including phenoxy) is 3. The summed E-state index contributed by atoms with van der Waals surface area (Å²) in [6.45, 7) is 17.8.